The Bertz CT molecular complexity index is 1260. The van der Waals surface area contributed by atoms with Gasteiger partial charge in [0.15, 0.2) is 6.10 Å². The SMILES string of the molecule is CCCc1ccc(OCCNC(=O)[C@H]2CN(S(=O)(=O)c3ccccc3)c3cc(C)ccc3O2)cc1. The summed E-state index contributed by atoms with van der Waals surface area (Å²) in [5.74, 6) is 0.689. The first kappa shape index (κ1) is 24.6. The van der Waals surface area contributed by atoms with Crippen molar-refractivity contribution < 1.29 is 22.7 Å². The normalized spacial score (nSPS) is 15.1. The van der Waals surface area contributed by atoms with E-state index in [1.165, 1.54) is 9.87 Å². The summed E-state index contributed by atoms with van der Waals surface area (Å²) >= 11 is 0. The van der Waals surface area contributed by atoms with Gasteiger partial charge in [0.1, 0.15) is 18.1 Å². The van der Waals surface area contributed by atoms with Gasteiger partial charge in [-0.2, -0.15) is 0 Å². The van der Waals surface area contributed by atoms with Gasteiger partial charge in [0.05, 0.1) is 23.7 Å². The summed E-state index contributed by atoms with van der Waals surface area (Å²) in [7, 11) is -3.88. The average molecular weight is 495 g/mol. The first-order chi connectivity index (χ1) is 16.9. The summed E-state index contributed by atoms with van der Waals surface area (Å²) in [5, 5.41) is 2.80. The van der Waals surface area contributed by atoms with E-state index in [1.807, 2.05) is 37.3 Å². The molecule has 0 saturated heterocycles. The van der Waals surface area contributed by atoms with E-state index in [0.29, 0.717) is 11.4 Å². The second-order valence-electron chi connectivity index (χ2n) is 8.46. The summed E-state index contributed by atoms with van der Waals surface area (Å²) in [6.07, 6.45) is 1.12. The minimum atomic E-state index is -3.88. The number of sulfonamides is 1. The number of hydrogen-bond donors (Lipinski definition) is 1. The van der Waals surface area contributed by atoms with Gasteiger partial charge in [-0.3, -0.25) is 9.10 Å². The largest absolute Gasteiger partial charge is 0.492 e. The molecule has 0 saturated carbocycles. The third-order valence-electron chi connectivity index (χ3n) is 5.74. The first-order valence-electron chi connectivity index (χ1n) is 11.7. The first-order valence-corrected chi connectivity index (χ1v) is 13.2. The topological polar surface area (TPSA) is 84.9 Å². The van der Waals surface area contributed by atoms with Crippen molar-refractivity contribution in [1.82, 2.24) is 5.32 Å². The fourth-order valence-electron chi connectivity index (χ4n) is 3.94. The minimum absolute atomic E-state index is 0.126. The third kappa shape index (κ3) is 5.77. The van der Waals surface area contributed by atoms with E-state index >= 15 is 0 Å². The molecule has 7 nitrogen and oxygen atoms in total. The minimum Gasteiger partial charge on any atom is -0.492 e. The maximum absolute atomic E-state index is 13.4. The number of nitrogens with zero attached hydrogens (tertiary/aromatic N) is 1. The van der Waals surface area contributed by atoms with Gasteiger partial charge in [-0.15, -0.1) is 0 Å². The second kappa shape index (κ2) is 10.8. The zero-order valence-electron chi connectivity index (χ0n) is 19.9. The van der Waals surface area contributed by atoms with Crippen LogP contribution in [0.15, 0.2) is 77.7 Å². The highest BCUT2D eigenvalue weighted by atomic mass is 32.2. The maximum atomic E-state index is 13.4. The monoisotopic (exact) mass is 494 g/mol. The van der Waals surface area contributed by atoms with Crippen LogP contribution in [0.5, 0.6) is 11.5 Å². The van der Waals surface area contributed by atoms with Crippen LogP contribution in [0.3, 0.4) is 0 Å². The van der Waals surface area contributed by atoms with Crippen LogP contribution in [0.4, 0.5) is 5.69 Å². The van der Waals surface area contributed by atoms with Crippen LogP contribution in [0.1, 0.15) is 24.5 Å². The highest BCUT2D eigenvalue weighted by Crippen LogP contribution is 2.37. The van der Waals surface area contributed by atoms with Gasteiger partial charge in [0.25, 0.3) is 15.9 Å². The van der Waals surface area contributed by atoms with Gasteiger partial charge >= 0.3 is 0 Å². The lowest BCUT2D eigenvalue weighted by Crippen LogP contribution is -2.51. The number of benzene rings is 3. The Labute approximate surface area is 206 Å². The number of anilines is 1. The number of hydrogen-bond acceptors (Lipinski definition) is 5. The van der Waals surface area contributed by atoms with Crippen molar-refractivity contribution in [2.24, 2.45) is 0 Å². The number of aryl methyl sites for hydroxylation is 2. The lowest BCUT2D eigenvalue weighted by atomic mass is 10.1. The van der Waals surface area contributed by atoms with Crippen molar-refractivity contribution >= 4 is 21.6 Å². The predicted molar refractivity (Wildman–Crippen MR) is 136 cm³/mol. The lowest BCUT2D eigenvalue weighted by Gasteiger charge is -2.35. The standard InChI is InChI=1S/C27H30N2O5S/c1-3-7-21-11-13-22(14-12-21)33-17-16-28-27(30)26-19-29(24-18-20(2)10-15-25(24)34-26)35(31,32)23-8-5-4-6-9-23/h4-6,8-15,18,26H,3,7,16-17,19H2,1-2H3,(H,28,30)/t26-/m1/s1. The molecule has 1 atom stereocenters. The van der Waals surface area contributed by atoms with E-state index in [-0.39, 0.29) is 24.6 Å². The van der Waals surface area contributed by atoms with E-state index in [1.54, 1.807) is 42.5 Å². The number of carbonyl (C=O) groups excluding carboxylic acids is 1. The Balaban J connectivity index is 1.42. The predicted octanol–water partition coefficient (Wildman–Crippen LogP) is 4.10. The van der Waals surface area contributed by atoms with Crippen LogP contribution >= 0.6 is 0 Å². The maximum Gasteiger partial charge on any atom is 0.264 e. The van der Waals surface area contributed by atoms with Crippen molar-refractivity contribution in [2.45, 2.75) is 37.7 Å². The molecule has 1 amide bonds. The third-order valence-corrected chi connectivity index (χ3v) is 7.53. The molecular weight excluding hydrogens is 464 g/mol. The fraction of sp³-hybridized carbons (Fsp3) is 0.296. The molecule has 0 spiro atoms. The van der Waals surface area contributed by atoms with Crippen LogP contribution in [0.2, 0.25) is 0 Å². The van der Waals surface area contributed by atoms with Gasteiger partial charge in [0.2, 0.25) is 0 Å². The van der Waals surface area contributed by atoms with Gasteiger partial charge in [-0.05, 0) is 60.9 Å². The lowest BCUT2D eigenvalue weighted by molar-refractivity contribution is -0.127. The fourth-order valence-corrected chi connectivity index (χ4v) is 5.43. The number of fused-ring (bicyclic) bond motifs is 1. The highest BCUT2D eigenvalue weighted by Gasteiger charge is 2.37. The van der Waals surface area contributed by atoms with Crippen LogP contribution in [0, 0.1) is 6.92 Å². The summed E-state index contributed by atoms with van der Waals surface area (Å²) in [4.78, 5) is 13.1. The second-order valence-corrected chi connectivity index (χ2v) is 10.3. The molecule has 0 unspecified atom stereocenters. The molecule has 0 aliphatic carbocycles. The van der Waals surface area contributed by atoms with Gasteiger partial charge in [-0.1, -0.05) is 49.7 Å². The average Bonchev–Trinajstić information content (AvgIpc) is 2.87. The Morgan fingerprint density at radius 2 is 1.83 bits per heavy atom. The van der Waals surface area contributed by atoms with Crippen LogP contribution < -0.4 is 19.1 Å². The van der Waals surface area contributed by atoms with Crippen molar-refractivity contribution in [2.75, 3.05) is 24.0 Å². The van der Waals surface area contributed by atoms with Gasteiger partial charge in [-0.25, -0.2) is 8.42 Å². The summed E-state index contributed by atoms with van der Waals surface area (Å²) in [6.45, 7) is 4.44. The molecule has 1 aliphatic heterocycles. The molecular formula is C27H30N2O5S. The van der Waals surface area contributed by atoms with E-state index in [4.69, 9.17) is 9.47 Å². The van der Waals surface area contributed by atoms with E-state index in [9.17, 15) is 13.2 Å². The van der Waals surface area contributed by atoms with E-state index < -0.39 is 22.0 Å². The summed E-state index contributed by atoms with van der Waals surface area (Å²) in [5.41, 5.74) is 2.57. The molecule has 3 aromatic carbocycles. The van der Waals surface area contributed by atoms with Gasteiger partial charge < -0.3 is 14.8 Å². The van der Waals surface area contributed by atoms with Crippen LogP contribution in [-0.4, -0.2) is 40.1 Å². The molecule has 4 rings (SSSR count). The zero-order chi connectivity index (χ0) is 24.8. The molecule has 8 heteroatoms. The Hall–Kier alpha value is -3.52. The number of rotatable bonds is 9. The highest BCUT2D eigenvalue weighted by molar-refractivity contribution is 7.92. The Morgan fingerprint density at radius 3 is 2.54 bits per heavy atom. The van der Waals surface area contributed by atoms with E-state index in [2.05, 4.69) is 12.2 Å². The Kier molecular flexibility index (Phi) is 7.60. The molecule has 0 radical (unpaired) electrons. The number of ether oxygens (including phenoxy) is 2. The van der Waals surface area contributed by atoms with Crippen molar-refractivity contribution in [3.05, 3.63) is 83.9 Å². The zero-order valence-corrected chi connectivity index (χ0v) is 20.8. The molecule has 3 aromatic rings. The Morgan fingerprint density at radius 1 is 1.09 bits per heavy atom. The molecule has 35 heavy (non-hydrogen) atoms. The molecule has 184 valence electrons. The number of amides is 1. The molecule has 0 bridgehead atoms. The van der Waals surface area contributed by atoms with Crippen molar-refractivity contribution in [3.63, 3.8) is 0 Å². The van der Waals surface area contributed by atoms with Crippen LogP contribution in [-0.2, 0) is 21.2 Å². The quantitative estimate of drug-likeness (QED) is 0.453. The van der Waals surface area contributed by atoms with Crippen molar-refractivity contribution in [3.8, 4) is 11.5 Å². The molecule has 0 fully saturated rings. The smallest absolute Gasteiger partial charge is 0.264 e. The van der Waals surface area contributed by atoms with Gasteiger partial charge in [0, 0.05) is 0 Å². The summed E-state index contributed by atoms with van der Waals surface area (Å²) < 4.78 is 39.7. The molecule has 1 heterocycles. The molecule has 1 N–H and O–H groups in total. The number of carbonyl (C=O) groups is 1. The van der Waals surface area contributed by atoms with E-state index in [0.717, 1.165) is 24.2 Å². The molecule has 0 aromatic heterocycles. The molecule has 1 aliphatic rings. The summed E-state index contributed by atoms with van der Waals surface area (Å²) in [6, 6.07) is 21.4. The van der Waals surface area contributed by atoms with Crippen molar-refractivity contribution in [1.29, 1.82) is 0 Å². The number of nitrogens with one attached hydrogen (secondary N) is 1. The van der Waals surface area contributed by atoms with Crippen LogP contribution in [0.25, 0.3) is 0 Å².